The van der Waals surface area contributed by atoms with Crippen molar-refractivity contribution in [1.82, 2.24) is 19.4 Å². The number of carbonyl (C=O) groups excluding carboxylic acids is 1. The number of benzene rings is 1. The van der Waals surface area contributed by atoms with Crippen LogP contribution in [0.15, 0.2) is 23.0 Å². The minimum absolute atomic E-state index is 0.00865. The van der Waals surface area contributed by atoms with Gasteiger partial charge in [-0.3, -0.25) is 4.57 Å². The van der Waals surface area contributed by atoms with E-state index in [2.05, 4.69) is 23.0 Å². The molecule has 1 amide bonds. The van der Waals surface area contributed by atoms with Crippen LogP contribution in [0.1, 0.15) is 31.2 Å². The van der Waals surface area contributed by atoms with Gasteiger partial charge in [-0.25, -0.2) is 9.59 Å². The molecule has 1 aromatic carbocycles. The van der Waals surface area contributed by atoms with Crippen LogP contribution in [-0.2, 0) is 17.7 Å². The Morgan fingerprint density at radius 1 is 1.36 bits per heavy atom. The van der Waals surface area contributed by atoms with E-state index in [-0.39, 0.29) is 11.8 Å². The Kier molecular flexibility index (Phi) is 5.44. The van der Waals surface area contributed by atoms with Crippen LogP contribution in [-0.4, -0.2) is 65.3 Å². The van der Waals surface area contributed by atoms with Gasteiger partial charge in [-0.1, -0.05) is 12.1 Å². The van der Waals surface area contributed by atoms with Crippen molar-refractivity contribution in [1.29, 1.82) is 0 Å². The molecule has 0 aliphatic carbocycles. The third kappa shape index (κ3) is 3.68. The number of ether oxygens (including phenoxy) is 1. The van der Waals surface area contributed by atoms with E-state index < -0.39 is 0 Å². The molecule has 4 rings (SSSR count). The molecule has 1 N–H and O–H groups in total. The van der Waals surface area contributed by atoms with Crippen LogP contribution < -0.4 is 5.69 Å². The minimum atomic E-state index is -0.203. The van der Waals surface area contributed by atoms with Crippen molar-refractivity contribution >= 4 is 17.1 Å². The standard InChI is InChI=1S/C21H30N4O3/c1-23(10-4-6-15-7-5-11-24(13-15)21(27)28-2)17-12-16-8-3-9-18-19(16)25(14-17)20(26)22-18/h3,8-9,15,17H,4-7,10-14H2,1-2H3,(H,22,26)/t15?,17-/m1/s1. The minimum Gasteiger partial charge on any atom is -0.453 e. The number of aromatic nitrogens is 2. The lowest BCUT2D eigenvalue weighted by Crippen LogP contribution is -2.42. The van der Waals surface area contributed by atoms with E-state index in [1.54, 1.807) is 0 Å². The van der Waals surface area contributed by atoms with Gasteiger partial charge in [-0.15, -0.1) is 0 Å². The number of nitrogens with zero attached hydrogens (tertiary/aromatic N) is 3. The zero-order valence-corrected chi connectivity index (χ0v) is 16.8. The number of piperidine rings is 1. The predicted molar refractivity (Wildman–Crippen MR) is 109 cm³/mol. The van der Waals surface area contributed by atoms with Gasteiger partial charge in [0.25, 0.3) is 0 Å². The zero-order chi connectivity index (χ0) is 19.7. The second-order valence-corrected chi connectivity index (χ2v) is 8.26. The molecule has 2 aliphatic rings. The van der Waals surface area contributed by atoms with Crippen molar-refractivity contribution in [3.05, 3.63) is 34.2 Å². The molecule has 2 aliphatic heterocycles. The number of imidazole rings is 1. The van der Waals surface area contributed by atoms with Crippen LogP contribution in [0.5, 0.6) is 0 Å². The molecule has 1 saturated heterocycles. The highest BCUT2D eigenvalue weighted by Crippen LogP contribution is 2.25. The van der Waals surface area contributed by atoms with Gasteiger partial charge in [-0.2, -0.15) is 0 Å². The summed E-state index contributed by atoms with van der Waals surface area (Å²) in [4.78, 5) is 31.2. The summed E-state index contributed by atoms with van der Waals surface area (Å²) < 4.78 is 6.76. The number of likely N-dealkylation sites (N-methyl/N-ethyl adjacent to an activating group) is 1. The van der Waals surface area contributed by atoms with Crippen molar-refractivity contribution in [2.24, 2.45) is 5.92 Å². The number of rotatable bonds is 5. The first-order valence-electron chi connectivity index (χ1n) is 10.3. The fraction of sp³-hybridized carbons (Fsp3) is 0.619. The molecule has 7 heteroatoms. The van der Waals surface area contributed by atoms with Gasteiger partial charge in [0.15, 0.2) is 0 Å². The molecule has 1 aromatic heterocycles. The van der Waals surface area contributed by atoms with Gasteiger partial charge in [0, 0.05) is 25.7 Å². The summed E-state index contributed by atoms with van der Waals surface area (Å²) in [6.45, 7) is 3.37. The average molecular weight is 386 g/mol. The van der Waals surface area contributed by atoms with Crippen LogP contribution in [0, 0.1) is 5.92 Å². The number of nitrogens with one attached hydrogen (secondary N) is 1. The molecule has 0 saturated carbocycles. The quantitative estimate of drug-likeness (QED) is 0.857. The topological polar surface area (TPSA) is 70.6 Å². The number of hydrogen-bond acceptors (Lipinski definition) is 4. The number of amides is 1. The summed E-state index contributed by atoms with van der Waals surface area (Å²) >= 11 is 0. The summed E-state index contributed by atoms with van der Waals surface area (Å²) in [6.07, 6.45) is 5.24. The Balaban J connectivity index is 1.31. The fourth-order valence-corrected chi connectivity index (χ4v) is 4.87. The molecule has 2 aromatic rings. The summed E-state index contributed by atoms with van der Waals surface area (Å²) in [6, 6.07) is 6.47. The SMILES string of the molecule is COC(=O)N1CCCC(CCCN(C)[C@@H]2Cc3cccc4[nH]c(=O)n(c34)C2)C1. The third-order valence-electron chi connectivity index (χ3n) is 6.42. The van der Waals surface area contributed by atoms with E-state index in [0.29, 0.717) is 12.0 Å². The number of hydrogen-bond donors (Lipinski definition) is 1. The van der Waals surface area contributed by atoms with E-state index in [0.717, 1.165) is 62.9 Å². The summed E-state index contributed by atoms with van der Waals surface area (Å²) in [5.74, 6) is 0.556. The van der Waals surface area contributed by atoms with Gasteiger partial charge in [0.2, 0.25) is 0 Å². The molecular weight excluding hydrogens is 356 g/mol. The van der Waals surface area contributed by atoms with Gasteiger partial charge < -0.3 is 19.5 Å². The fourth-order valence-electron chi connectivity index (χ4n) is 4.87. The van der Waals surface area contributed by atoms with Crippen LogP contribution in [0.3, 0.4) is 0 Å². The Hall–Kier alpha value is -2.28. The van der Waals surface area contributed by atoms with E-state index in [9.17, 15) is 9.59 Å². The Labute approximate surface area is 165 Å². The van der Waals surface area contributed by atoms with Crippen molar-refractivity contribution in [3.63, 3.8) is 0 Å². The second-order valence-electron chi connectivity index (χ2n) is 8.26. The van der Waals surface area contributed by atoms with E-state index >= 15 is 0 Å². The molecule has 0 bridgehead atoms. The van der Waals surface area contributed by atoms with Crippen LogP contribution in [0.4, 0.5) is 4.79 Å². The van der Waals surface area contributed by atoms with Crippen molar-refractivity contribution < 1.29 is 9.53 Å². The van der Waals surface area contributed by atoms with Crippen LogP contribution >= 0.6 is 0 Å². The lowest BCUT2D eigenvalue weighted by molar-refractivity contribution is 0.0990. The van der Waals surface area contributed by atoms with Gasteiger partial charge in [-0.05, 0) is 63.2 Å². The maximum Gasteiger partial charge on any atom is 0.409 e. The van der Waals surface area contributed by atoms with Crippen molar-refractivity contribution in [3.8, 4) is 0 Å². The third-order valence-corrected chi connectivity index (χ3v) is 6.42. The Morgan fingerprint density at radius 3 is 3.04 bits per heavy atom. The number of carbonyl (C=O) groups is 1. The van der Waals surface area contributed by atoms with Gasteiger partial charge >= 0.3 is 11.8 Å². The molecule has 0 radical (unpaired) electrons. The first-order valence-corrected chi connectivity index (χ1v) is 10.3. The lowest BCUT2D eigenvalue weighted by Gasteiger charge is -2.34. The van der Waals surface area contributed by atoms with E-state index in [1.165, 1.54) is 19.1 Å². The Morgan fingerprint density at radius 2 is 2.21 bits per heavy atom. The molecule has 1 fully saturated rings. The largest absolute Gasteiger partial charge is 0.453 e. The highest BCUT2D eigenvalue weighted by atomic mass is 16.5. The van der Waals surface area contributed by atoms with Crippen LogP contribution in [0.2, 0.25) is 0 Å². The molecule has 152 valence electrons. The number of H-pyrrole nitrogens is 1. The average Bonchev–Trinajstić information content (AvgIpc) is 3.04. The highest BCUT2D eigenvalue weighted by molar-refractivity contribution is 5.79. The first kappa shape index (κ1) is 19.1. The summed E-state index contributed by atoms with van der Waals surface area (Å²) in [5.41, 5.74) is 3.25. The highest BCUT2D eigenvalue weighted by Gasteiger charge is 2.27. The van der Waals surface area contributed by atoms with Crippen molar-refractivity contribution in [2.75, 3.05) is 33.8 Å². The number of aromatic amines is 1. The van der Waals surface area contributed by atoms with E-state index in [1.807, 2.05) is 21.6 Å². The molecule has 28 heavy (non-hydrogen) atoms. The number of likely N-dealkylation sites (tertiary alicyclic amines) is 1. The normalized spacial score (nSPS) is 22.0. The molecular formula is C21H30N4O3. The smallest absolute Gasteiger partial charge is 0.409 e. The van der Waals surface area contributed by atoms with E-state index in [4.69, 9.17) is 4.74 Å². The zero-order valence-electron chi connectivity index (χ0n) is 16.8. The molecule has 1 unspecified atom stereocenters. The Bertz CT molecular complexity index is 903. The maximum absolute atomic E-state index is 12.3. The second kappa shape index (κ2) is 7.99. The lowest BCUT2D eigenvalue weighted by atomic mass is 9.93. The maximum atomic E-state index is 12.3. The molecule has 0 spiro atoms. The van der Waals surface area contributed by atoms with Crippen LogP contribution in [0.25, 0.3) is 11.0 Å². The predicted octanol–water partition coefficient (Wildman–Crippen LogP) is 2.44. The first-order chi connectivity index (χ1) is 13.6. The molecule has 7 nitrogen and oxygen atoms in total. The monoisotopic (exact) mass is 386 g/mol. The number of methoxy groups -OCH3 is 1. The van der Waals surface area contributed by atoms with Crippen molar-refractivity contribution in [2.45, 2.75) is 44.7 Å². The molecule has 3 heterocycles. The van der Waals surface area contributed by atoms with Gasteiger partial charge in [0.05, 0.1) is 18.1 Å². The summed E-state index contributed by atoms with van der Waals surface area (Å²) in [7, 11) is 3.61. The van der Waals surface area contributed by atoms with Gasteiger partial charge in [0.1, 0.15) is 0 Å². The molecule has 2 atom stereocenters. The summed E-state index contributed by atoms with van der Waals surface area (Å²) in [5, 5.41) is 0. The number of para-hydroxylation sites is 1.